The Balaban J connectivity index is 1.91. The Morgan fingerprint density at radius 2 is 1.91 bits per heavy atom. The molecule has 0 aliphatic heterocycles. The minimum atomic E-state index is 0.105. The number of halogens is 1. The van der Waals surface area contributed by atoms with E-state index in [-0.39, 0.29) is 5.78 Å². The highest BCUT2D eigenvalue weighted by Gasteiger charge is 2.08. The Kier molecular flexibility index (Phi) is 4.02. The third-order valence-electron chi connectivity index (χ3n) is 3.27. The van der Waals surface area contributed by atoms with Crippen LogP contribution in [0.3, 0.4) is 0 Å². The van der Waals surface area contributed by atoms with E-state index in [1.165, 1.54) is 6.33 Å². The molecule has 0 fully saturated rings. The average molecular weight is 313 g/mol. The normalized spacial score (nSPS) is 10.6. The van der Waals surface area contributed by atoms with Crippen LogP contribution in [0.25, 0.3) is 10.9 Å². The molecular formula is C17H13ClN2O2. The van der Waals surface area contributed by atoms with E-state index in [0.717, 1.165) is 10.9 Å². The van der Waals surface area contributed by atoms with Crippen LogP contribution in [0.4, 0.5) is 0 Å². The first-order chi connectivity index (χ1) is 10.7. The molecule has 0 aliphatic rings. The molecule has 2 aromatic carbocycles. The van der Waals surface area contributed by atoms with Crippen molar-refractivity contribution < 1.29 is 9.53 Å². The van der Waals surface area contributed by atoms with Gasteiger partial charge in [0.1, 0.15) is 12.1 Å². The molecule has 0 unspecified atom stereocenters. The summed E-state index contributed by atoms with van der Waals surface area (Å²) in [5.41, 5.74) is 1.39. The summed E-state index contributed by atoms with van der Waals surface area (Å²) >= 11 is 5.96. The highest BCUT2D eigenvalue weighted by Crippen LogP contribution is 2.28. The maximum atomic E-state index is 11.6. The van der Waals surface area contributed by atoms with Crippen molar-refractivity contribution in [3.8, 4) is 11.6 Å². The molecule has 1 heterocycles. The molecule has 0 radical (unpaired) electrons. The number of ether oxygens (including phenoxy) is 1. The number of carbonyl (C=O) groups excluding carboxylic acids is 1. The molecule has 0 atom stereocenters. The molecule has 0 saturated carbocycles. The zero-order valence-electron chi connectivity index (χ0n) is 11.9. The average Bonchev–Trinajstić information content (AvgIpc) is 2.55. The largest absolute Gasteiger partial charge is 0.438 e. The maximum absolute atomic E-state index is 11.6. The van der Waals surface area contributed by atoms with E-state index in [9.17, 15) is 4.79 Å². The van der Waals surface area contributed by atoms with Gasteiger partial charge in [-0.15, -0.1) is 0 Å². The van der Waals surface area contributed by atoms with E-state index in [2.05, 4.69) is 9.97 Å². The van der Waals surface area contributed by atoms with Gasteiger partial charge in [0.15, 0.2) is 5.78 Å². The summed E-state index contributed by atoms with van der Waals surface area (Å²) in [6.07, 6.45) is 1.92. The summed E-state index contributed by atoms with van der Waals surface area (Å²) in [7, 11) is 0. The molecule has 3 aromatic rings. The summed E-state index contributed by atoms with van der Waals surface area (Å²) < 4.78 is 5.79. The second kappa shape index (κ2) is 6.12. The second-order valence-electron chi connectivity index (χ2n) is 4.74. The highest BCUT2D eigenvalue weighted by molar-refractivity contribution is 6.31. The van der Waals surface area contributed by atoms with Crippen molar-refractivity contribution in [3.05, 3.63) is 59.4 Å². The Hall–Kier alpha value is -2.46. The molecule has 0 amide bonds. The van der Waals surface area contributed by atoms with Gasteiger partial charge in [0.05, 0.1) is 10.9 Å². The number of nitrogens with zero attached hydrogens (tertiary/aromatic N) is 2. The molecule has 0 N–H and O–H groups in total. The number of benzene rings is 2. The number of hydrogen-bond acceptors (Lipinski definition) is 4. The van der Waals surface area contributed by atoms with Crippen molar-refractivity contribution in [1.29, 1.82) is 0 Å². The lowest BCUT2D eigenvalue weighted by Crippen LogP contribution is -1.96. The first kappa shape index (κ1) is 14.5. The molecule has 5 heteroatoms. The molecular weight excluding hydrogens is 300 g/mol. The lowest BCUT2D eigenvalue weighted by Gasteiger charge is -2.08. The topological polar surface area (TPSA) is 52.1 Å². The van der Waals surface area contributed by atoms with Gasteiger partial charge in [0, 0.05) is 17.0 Å². The monoisotopic (exact) mass is 312 g/mol. The molecule has 110 valence electrons. The fraction of sp³-hybridized carbons (Fsp3) is 0.118. The van der Waals surface area contributed by atoms with Gasteiger partial charge in [-0.3, -0.25) is 4.79 Å². The van der Waals surface area contributed by atoms with Gasteiger partial charge in [-0.1, -0.05) is 18.5 Å². The van der Waals surface area contributed by atoms with E-state index in [1.807, 2.05) is 13.0 Å². The predicted molar refractivity (Wildman–Crippen MR) is 85.7 cm³/mol. The van der Waals surface area contributed by atoms with E-state index in [4.69, 9.17) is 16.3 Å². The number of Topliss-reactive ketones (excluding diaryl/α,β-unsaturated/α-hetero) is 1. The Labute approximate surface area is 132 Å². The van der Waals surface area contributed by atoms with Crippen LogP contribution >= 0.6 is 11.6 Å². The zero-order chi connectivity index (χ0) is 15.5. The Morgan fingerprint density at radius 3 is 2.64 bits per heavy atom. The van der Waals surface area contributed by atoms with Gasteiger partial charge in [0.25, 0.3) is 0 Å². The van der Waals surface area contributed by atoms with Gasteiger partial charge in [0.2, 0.25) is 5.88 Å². The van der Waals surface area contributed by atoms with E-state index in [1.54, 1.807) is 36.4 Å². The van der Waals surface area contributed by atoms with Crippen LogP contribution in [0.1, 0.15) is 23.7 Å². The number of hydrogen-bond donors (Lipinski definition) is 0. The maximum Gasteiger partial charge on any atom is 0.230 e. The van der Waals surface area contributed by atoms with Crippen LogP contribution in [0.5, 0.6) is 11.6 Å². The number of rotatable bonds is 4. The minimum absolute atomic E-state index is 0.105. The minimum Gasteiger partial charge on any atom is -0.438 e. The van der Waals surface area contributed by atoms with Gasteiger partial charge < -0.3 is 4.74 Å². The number of aromatic nitrogens is 2. The summed E-state index contributed by atoms with van der Waals surface area (Å²) in [4.78, 5) is 20.0. The van der Waals surface area contributed by atoms with E-state index < -0.39 is 0 Å². The third-order valence-corrected chi connectivity index (χ3v) is 3.51. The number of fused-ring (bicyclic) bond motifs is 1. The number of ketones is 1. The van der Waals surface area contributed by atoms with E-state index in [0.29, 0.717) is 28.6 Å². The lowest BCUT2D eigenvalue weighted by atomic mass is 10.1. The van der Waals surface area contributed by atoms with Crippen LogP contribution < -0.4 is 4.74 Å². The first-order valence-corrected chi connectivity index (χ1v) is 7.26. The summed E-state index contributed by atoms with van der Waals surface area (Å²) in [6.45, 7) is 1.84. The fourth-order valence-corrected chi connectivity index (χ4v) is 2.28. The molecule has 0 bridgehead atoms. The zero-order valence-corrected chi connectivity index (χ0v) is 12.7. The van der Waals surface area contributed by atoms with Crippen molar-refractivity contribution in [2.75, 3.05) is 0 Å². The fourth-order valence-electron chi connectivity index (χ4n) is 2.11. The SMILES string of the molecule is CCC(=O)c1ccc(Oc2ncnc3cc(Cl)ccc23)cc1. The molecule has 22 heavy (non-hydrogen) atoms. The predicted octanol–water partition coefficient (Wildman–Crippen LogP) is 4.67. The van der Waals surface area contributed by atoms with Crippen molar-refractivity contribution in [3.63, 3.8) is 0 Å². The first-order valence-electron chi connectivity index (χ1n) is 6.89. The van der Waals surface area contributed by atoms with Crippen LogP contribution in [0, 0.1) is 0 Å². The Bertz CT molecular complexity index is 832. The van der Waals surface area contributed by atoms with Gasteiger partial charge >= 0.3 is 0 Å². The summed E-state index contributed by atoms with van der Waals surface area (Å²) in [5.74, 6) is 1.17. The van der Waals surface area contributed by atoms with Crippen molar-refractivity contribution in [1.82, 2.24) is 9.97 Å². The van der Waals surface area contributed by atoms with Crippen molar-refractivity contribution in [2.24, 2.45) is 0 Å². The molecule has 0 spiro atoms. The molecule has 3 rings (SSSR count). The Morgan fingerprint density at radius 1 is 1.14 bits per heavy atom. The van der Waals surface area contributed by atoms with Crippen LogP contribution in [0.15, 0.2) is 48.8 Å². The van der Waals surface area contributed by atoms with Crippen molar-refractivity contribution in [2.45, 2.75) is 13.3 Å². The number of carbonyl (C=O) groups is 1. The van der Waals surface area contributed by atoms with Gasteiger partial charge in [-0.05, 0) is 42.5 Å². The highest BCUT2D eigenvalue weighted by atomic mass is 35.5. The van der Waals surface area contributed by atoms with Crippen LogP contribution in [-0.2, 0) is 0 Å². The van der Waals surface area contributed by atoms with Gasteiger partial charge in [-0.25, -0.2) is 9.97 Å². The lowest BCUT2D eigenvalue weighted by molar-refractivity contribution is 0.0988. The molecule has 4 nitrogen and oxygen atoms in total. The molecule has 0 aliphatic carbocycles. The summed E-state index contributed by atoms with van der Waals surface area (Å²) in [6, 6.07) is 12.4. The smallest absolute Gasteiger partial charge is 0.230 e. The van der Waals surface area contributed by atoms with Crippen LogP contribution in [0.2, 0.25) is 5.02 Å². The summed E-state index contributed by atoms with van der Waals surface area (Å²) in [5, 5.41) is 1.39. The van der Waals surface area contributed by atoms with Gasteiger partial charge in [-0.2, -0.15) is 0 Å². The van der Waals surface area contributed by atoms with E-state index >= 15 is 0 Å². The third kappa shape index (κ3) is 2.92. The quantitative estimate of drug-likeness (QED) is 0.657. The molecule has 0 saturated heterocycles. The van der Waals surface area contributed by atoms with Crippen molar-refractivity contribution >= 4 is 28.3 Å². The standard InChI is InChI=1S/C17H13ClN2O2/c1-2-16(21)11-3-6-13(7-4-11)22-17-14-8-5-12(18)9-15(14)19-10-20-17/h3-10H,2H2,1H3. The van der Waals surface area contributed by atoms with Crippen LogP contribution in [-0.4, -0.2) is 15.8 Å². The second-order valence-corrected chi connectivity index (χ2v) is 5.18. The molecule has 1 aromatic heterocycles.